The number of nitrogens with one attached hydrogen (secondary N) is 2. The molecule has 2 heterocycles. The molecule has 0 saturated carbocycles. The summed E-state index contributed by atoms with van der Waals surface area (Å²) >= 11 is 0. The fraction of sp³-hybridized carbons (Fsp3) is 0.318. The van der Waals surface area contributed by atoms with E-state index in [0.29, 0.717) is 6.04 Å². The Balaban J connectivity index is 0.00000210. The maximum atomic E-state index is 12.9. The van der Waals surface area contributed by atoms with Crippen molar-refractivity contribution in [3.8, 4) is 0 Å². The molecule has 27 heavy (non-hydrogen) atoms. The summed E-state index contributed by atoms with van der Waals surface area (Å²) in [5.74, 6) is 0.919. The first-order valence-corrected chi connectivity index (χ1v) is 9.28. The molecular weight excluding hydrogens is 360 g/mol. The van der Waals surface area contributed by atoms with Crippen LogP contribution in [-0.2, 0) is 4.79 Å². The number of carbonyl (C=O) groups excluding carboxylic acids is 1. The van der Waals surface area contributed by atoms with Crippen molar-refractivity contribution in [3.63, 3.8) is 0 Å². The van der Waals surface area contributed by atoms with E-state index in [1.54, 1.807) is 0 Å². The third kappa shape index (κ3) is 4.34. The van der Waals surface area contributed by atoms with Crippen molar-refractivity contribution in [1.82, 2.24) is 10.6 Å². The van der Waals surface area contributed by atoms with Crippen LogP contribution in [0.5, 0.6) is 0 Å². The second-order valence-electron chi connectivity index (χ2n) is 7.12. The molecule has 5 heteroatoms. The summed E-state index contributed by atoms with van der Waals surface area (Å²) < 4.78 is 6.07. The van der Waals surface area contributed by atoms with Crippen LogP contribution in [0.1, 0.15) is 37.1 Å². The summed E-state index contributed by atoms with van der Waals surface area (Å²) in [7, 11) is 0. The highest BCUT2D eigenvalue weighted by atomic mass is 35.5. The van der Waals surface area contributed by atoms with E-state index < -0.39 is 0 Å². The van der Waals surface area contributed by atoms with Gasteiger partial charge >= 0.3 is 0 Å². The summed E-state index contributed by atoms with van der Waals surface area (Å²) in [6.07, 6.45) is 1.74. The van der Waals surface area contributed by atoms with Gasteiger partial charge in [0.1, 0.15) is 17.4 Å². The minimum absolute atomic E-state index is 0. The monoisotopic (exact) mass is 384 g/mol. The maximum absolute atomic E-state index is 12.9. The second kappa shape index (κ2) is 8.59. The van der Waals surface area contributed by atoms with E-state index in [9.17, 15) is 4.79 Å². The van der Waals surface area contributed by atoms with Crippen LogP contribution in [0, 0.1) is 5.92 Å². The Bertz CT molecular complexity index is 860. The molecule has 0 spiro atoms. The Labute approximate surface area is 165 Å². The molecule has 3 atom stereocenters. The Hall–Kier alpha value is -2.30. The highest BCUT2D eigenvalue weighted by molar-refractivity contribution is 5.85. The van der Waals surface area contributed by atoms with Crippen LogP contribution in [-0.4, -0.2) is 18.5 Å². The molecule has 1 aliphatic heterocycles. The van der Waals surface area contributed by atoms with E-state index in [1.807, 2.05) is 60.7 Å². The quantitative estimate of drug-likeness (QED) is 0.698. The van der Waals surface area contributed by atoms with Gasteiger partial charge in [0.25, 0.3) is 0 Å². The lowest BCUT2D eigenvalue weighted by atomic mass is 9.91. The molecule has 1 aromatic heterocycles. The molecule has 3 aromatic rings. The van der Waals surface area contributed by atoms with Crippen LogP contribution < -0.4 is 10.6 Å². The van der Waals surface area contributed by atoms with Gasteiger partial charge in [-0.15, -0.1) is 12.4 Å². The fourth-order valence-corrected chi connectivity index (χ4v) is 3.74. The number of para-hydroxylation sites is 1. The van der Waals surface area contributed by atoms with Crippen LogP contribution in [0.25, 0.3) is 11.0 Å². The van der Waals surface area contributed by atoms with Gasteiger partial charge < -0.3 is 15.1 Å². The van der Waals surface area contributed by atoms with Gasteiger partial charge in [0, 0.05) is 17.3 Å². The molecule has 1 fully saturated rings. The van der Waals surface area contributed by atoms with Crippen LogP contribution in [0.3, 0.4) is 0 Å². The van der Waals surface area contributed by atoms with Crippen molar-refractivity contribution in [2.24, 2.45) is 5.92 Å². The zero-order valence-electron chi connectivity index (χ0n) is 15.4. The lowest BCUT2D eigenvalue weighted by molar-refractivity contribution is -0.126. The van der Waals surface area contributed by atoms with Gasteiger partial charge in [-0.1, -0.05) is 48.5 Å². The first kappa shape index (κ1) is 19.5. The summed E-state index contributed by atoms with van der Waals surface area (Å²) in [6.45, 7) is 3.02. The predicted octanol–water partition coefficient (Wildman–Crippen LogP) is 4.45. The van der Waals surface area contributed by atoms with Gasteiger partial charge in [-0.05, 0) is 44.0 Å². The highest BCUT2D eigenvalue weighted by Crippen LogP contribution is 2.29. The van der Waals surface area contributed by atoms with Crippen molar-refractivity contribution in [2.45, 2.75) is 31.8 Å². The third-order valence-corrected chi connectivity index (χ3v) is 5.14. The molecule has 1 unspecified atom stereocenters. The van der Waals surface area contributed by atoms with Crippen molar-refractivity contribution < 1.29 is 9.21 Å². The summed E-state index contributed by atoms with van der Waals surface area (Å²) in [5, 5.41) is 7.69. The van der Waals surface area contributed by atoms with Gasteiger partial charge in [-0.25, -0.2) is 0 Å². The first-order valence-electron chi connectivity index (χ1n) is 9.28. The third-order valence-electron chi connectivity index (χ3n) is 5.14. The predicted molar refractivity (Wildman–Crippen MR) is 110 cm³/mol. The van der Waals surface area contributed by atoms with Crippen LogP contribution in [0.15, 0.2) is 65.1 Å². The topological polar surface area (TPSA) is 54.3 Å². The lowest BCUT2D eigenvalue weighted by Gasteiger charge is -2.28. The summed E-state index contributed by atoms with van der Waals surface area (Å²) in [4.78, 5) is 12.9. The van der Waals surface area contributed by atoms with Crippen LogP contribution in [0.2, 0.25) is 0 Å². The molecule has 2 aromatic carbocycles. The first-order chi connectivity index (χ1) is 12.7. The molecule has 0 radical (unpaired) electrons. The molecule has 2 N–H and O–H groups in total. The summed E-state index contributed by atoms with van der Waals surface area (Å²) in [6, 6.07) is 20.1. The number of halogens is 1. The van der Waals surface area contributed by atoms with E-state index in [4.69, 9.17) is 4.42 Å². The van der Waals surface area contributed by atoms with Gasteiger partial charge in [-0.2, -0.15) is 0 Å². The normalized spacial score (nSPS) is 20.6. The minimum Gasteiger partial charge on any atom is -0.459 e. The van der Waals surface area contributed by atoms with E-state index >= 15 is 0 Å². The zero-order chi connectivity index (χ0) is 17.9. The standard InChI is InChI=1S/C22H24N2O2.ClH/c1-15-13-18(11-12-23-15)22(25)24-21(16-7-3-2-4-8-16)20-14-17-9-5-6-10-19(17)26-20;/h2-10,14-15,18,21,23H,11-13H2,1H3,(H,24,25);1H/t15-,18-,21?;/m0./s1. The summed E-state index contributed by atoms with van der Waals surface area (Å²) in [5.41, 5.74) is 1.87. The van der Waals surface area contributed by atoms with Gasteiger partial charge in [0.15, 0.2) is 0 Å². The molecule has 0 bridgehead atoms. The number of fused-ring (bicyclic) bond motifs is 1. The van der Waals surface area contributed by atoms with E-state index in [-0.39, 0.29) is 30.3 Å². The van der Waals surface area contributed by atoms with Crippen molar-refractivity contribution in [2.75, 3.05) is 6.54 Å². The van der Waals surface area contributed by atoms with Gasteiger partial charge in [0.05, 0.1) is 0 Å². The van der Waals surface area contributed by atoms with Crippen molar-refractivity contribution in [1.29, 1.82) is 0 Å². The number of rotatable bonds is 4. The van der Waals surface area contributed by atoms with Crippen molar-refractivity contribution in [3.05, 3.63) is 72.0 Å². The number of hydrogen-bond donors (Lipinski definition) is 2. The Morgan fingerprint density at radius 2 is 1.89 bits per heavy atom. The van der Waals surface area contributed by atoms with E-state index in [2.05, 4.69) is 17.6 Å². The van der Waals surface area contributed by atoms with Crippen LogP contribution in [0.4, 0.5) is 0 Å². The Kier molecular flexibility index (Phi) is 6.19. The molecule has 1 saturated heterocycles. The van der Waals surface area contributed by atoms with Crippen molar-refractivity contribution >= 4 is 29.3 Å². The molecule has 4 nitrogen and oxygen atoms in total. The second-order valence-corrected chi connectivity index (χ2v) is 7.12. The molecule has 1 aliphatic rings. The van der Waals surface area contributed by atoms with Crippen LogP contribution >= 0.6 is 12.4 Å². The average Bonchev–Trinajstić information content (AvgIpc) is 3.10. The maximum Gasteiger partial charge on any atom is 0.224 e. The smallest absolute Gasteiger partial charge is 0.224 e. The molecule has 1 amide bonds. The number of benzene rings is 2. The number of carbonyl (C=O) groups is 1. The fourth-order valence-electron chi connectivity index (χ4n) is 3.74. The lowest BCUT2D eigenvalue weighted by Crippen LogP contribution is -2.43. The average molecular weight is 385 g/mol. The van der Waals surface area contributed by atoms with Gasteiger partial charge in [-0.3, -0.25) is 4.79 Å². The SMILES string of the molecule is C[C@H]1C[C@@H](C(=O)NC(c2ccccc2)c2cc3ccccc3o2)CCN1.Cl. The number of amides is 1. The Morgan fingerprint density at radius 3 is 2.63 bits per heavy atom. The number of hydrogen-bond acceptors (Lipinski definition) is 3. The van der Waals surface area contributed by atoms with Gasteiger partial charge in [0.2, 0.25) is 5.91 Å². The molecule has 142 valence electrons. The minimum atomic E-state index is -0.277. The molecular formula is C22H25ClN2O2. The van der Waals surface area contributed by atoms with E-state index in [1.165, 1.54) is 0 Å². The van der Waals surface area contributed by atoms with E-state index in [0.717, 1.165) is 41.7 Å². The molecule has 0 aliphatic carbocycles. The Morgan fingerprint density at radius 1 is 1.15 bits per heavy atom. The zero-order valence-corrected chi connectivity index (χ0v) is 16.2. The number of furan rings is 1. The number of piperidine rings is 1. The molecule has 4 rings (SSSR count). The highest BCUT2D eigenvalue weighted by Gasteiger charge is 2.28. The largest absolute Gasteiger partial charge is 0.459 e.